The largest absolute Gasteiger partial charge is 0.423 e. The Morgan fingerprint density at radius 2 is 1.69 bits per heavy atom. The molecule has 2 aromatic carbocycles. The van der Waals surface area contributed by atoms with Gasteiger partial charge in [-0.3, -0.25) is 14.6 Å². The predicted molar refractivity (Wildman–Crippen MR) is 128 cm³/mol. The van der Waals surface area contributed by atoms with Crippen LogP contribution < -0.4 is 10.5 Å². The zero-order chi connectivity index (χ0) is 22.7. The highest BCUT2D eigenvalue weighted by Gasteiger charge is 2.22. The summed E-state index contributed by atoms with van der Waals surface area (Å²) in [6.45, 7) is 11.2. The molecule has 1 amide bonds. The molecule has 32 heavy (non-hydrogen) atoms. The lowest BCUT2D eigenvalue weighted by Gasteiger charge is -2.35. The van der Waals surface area contributed by atoms with Crippen molar-refractivity contribution in [1.29, 1.82) is 0 Å². The summed E-state index contributed by atoms with van der Waals surface area (Å²) in [7, 11) is 0. The first kappa shape index (κ1) is 22.2. The maximum Gasteiger partial charge on any atom is 0.336 e. The Hall–Kier alpha value is -2.96. The van der Waals surface area contributed by atoms with Crippen molar-refractivity contribution < 1.29 is 9.21 Å². The average molecular weight is 434 g/mol. The third-order valence-electron chi connectivity index (χ3n) is 6.13. The molecule has 1 aliphatic heterocycles. The number of carbonyl (C=O) groups is 1. The van der Waals surface area contributed by atoms with Crippen LogP contribution in [0.15, 0.2) is 57.7 Å². The standard InChI is InChI=1S/C26H31N3O3/c1-4-29(22-7-5-6-19(2)14-22)25(30)18-28-12-10-27(11-13-28)17-21-16-26(31)32-24-15-20(3)8-9-23(21)24/h5-9,14-16H,4,10-13,17-18H2,1-3H3. The lowest BCUT2D eigenvalue weighted by molar-refractivity contribution is -0.120. The van der Waals surface area contributed by atoms with Crippen molar-refractivity contribution in [2.75, 3.05) is 44.2 Å². The van der Waals surface area contributed by atoms with E-state index in [0.29, 0.717) is 25.2 Å². The smallest absolute Gasteiger partial charge is 0.336 e. The molecular formula is C26H31N3O3. The van der Waals surface area contributed by atoms with Crippen molar-refractivity contribution in [3.05, 3.63) is 75.6 Å². The summed E-state index contributed by atoms with van der Waals surface area (Å²) < 4.78 is 5.39. The van der Waals surface area contributed by atoms with Crippen LogP contribution in [0.5, 0.6) is 0 Å². The number of hydrogen-bond donors (Lipinski definition) is 0. The zero-order valence-electron chi connectivity index (χ0n) is 19.1. The highest BCUT2D eigenvalue weighted by molar-refractivity contribution is 5.94. The van der Waals surface area contributed by atoms with E-state index in [2.05, 4.69) is 15.9 Å². The molecule has 0 N–H and O–H groups in total. The van der Waals surface area contributed by atoms with Crippen LogP contribution in [0.1, 0.15) is 23.6 Å². The highest BCUT2D eigenvalue weighted by Crippen LogP contribution is 2.21. The lowest BCUT2D eigenvalue weighted by Crippen LogP contribution is -2.49. The number of piperazine rings is 1. The van der Waals surface area contributed by atoms with E-state index in [1.165, 1.54) is 0 Å². The quantitative estimate of drug-likeness (QED) is 0.556. The van der Waals surface area contributed by atoms with Gasteiger partial charge in [-0.2, -0.15) is 0 Å². The van der Waals surface area contributed by atoms with Gasteiger partial charge in [0.2, 0.25) is 5.91 Å². The second-order valence-electron chi connectivity index (χ2n) is 8.62. The summed E-state index contributed by atoms with van der Waals surface area (Å²) >= 11 is 0. The number of benzene rings is 2. The minimum absolute atomic E-state index is 0.133. The Morgan fingerprint density at radius 3 is 2.41 bits per heavy atom. The molecule has 4 rings (SSSR count). The number of carbonyl (C=O) groups excluding carboxylic acids is 1. The number of rotatable bonds is 6. The van der Waals surface area contributed by atoms with E-state index in [1.54, 1.807) is 6.07 Å². The molecule has 1 aromatic heterocycles. The van der Waals surface area contributed by atoms with E-state index < -0.39 is 0 Å². The van der Waals surface area contributed by atoms with Crippen molar-refractivity contribution in [3.63, 3.8) is 0 Å². The normalized spacial score (nSPS) is 15.2. The van der Waals surface area contributed by atoms with Gasteiger partial charge < -0.3 is 9.32 Å². The van der Waals surface area contributed by atoms with Gasteiger partial charge in [0.05, 0.1) is 6.54 Å². The molecule has 3 aromatic rings. The van der Waals surface area contributed by atoms with Crippen LogP contribution in [-0.2, 0) is 11.3 Å². The molecule has 6 heteroatoms. The molecule has 6 nitrogen and oxygen atoms in total. The Balaban J connectivity index is 1.37. The number of nitrogens with zero attached hydrogens (tertiary/aromatic N) is 3. The summed E-state index contributed by atoms with van der Waals surface area (Å²) in [5.74, 6) is 0.133. The third kappa shape index (κ3) is 5.09. The van der Waals surface area contributed by atoms with Crippen molar-refractivity contribution in [3.8, 4) is 0 Å². The van der Waals surface area contributed by atoms with E-state index in [0.717, 1.165) is 53.9 Å². The van der Waals surface area contributed by atoms with Crippen LogP contribution in [0.2, 0.25) is 0 Å². The summed E-state index contributed by atoms with van der Waals surface area (Å²) in [5, 5.41) is 0.990. The molecule has 168 valence electrons. The second kappa shape index (κ2) is 9.67. The zero-order valence-corrected chi connectivity index (χ0v) is 19.1. The second-order valence-corrected chi connectivity index (χ2v) is 8.62. The van der Waals surface area contributed by atoms with E-state index in [1.807, 2.05) is 62.1 Å². The van der Waals surface area contributed by atoms with Crippen molar-refractivity contribution in [1.82, 2.24) is 9.80 Å². The first-order chi connectivity index (χ1) is 15.4. The molecule has 0 bridgehead atoms. The average Bonchev–Trinajstić information content (AvgIpc) is 2.75. The molecule has 0 radical (unpaired) electrons. The van der Waals surface area contributed by atoms with Gasteiger partial charge in [0.15, 0.2) is 0 Å². The summed E-state index contributed by atoms with van der Waals surface area (Å²) in [5.41, 5.74) is 4.52. The highest BCUT2D eigenvalue weighted by atomic mass is 16.4. The number of likely N-dealkylation sites (N-methyl/N-ethyl adjacent to an activating group) is 1. The Labute approximate surface area is 189 Å². The Morgan fingerprint density at radius 1 is 0.969 bits per heavy atom. The minimum atomic E-state index is -0.307. The van der Waals surface area contributed by atoms with Crippen LogP contribution in [0, 0.1) is 13.8 Å². The Bertz CT molecular complexity index is 1160. The first-order valence-electron chi connectivity index (χ1n) is 11.3. The molecule has 0 unspecified atom stereocenters. The van der Waals surface area contributed by atoms with E-state index in [4.69, 9.17) is 4.42 Å². The van der Waals surface area contributed by atoms with Crippen LogP contribution in [-0.4, -0.2) is 55.0 Å². The summed E-state index contributed by atoms with van der Waals surface area (Å²) in [6.07, 6.45) is 0. The number of amides is 1. The number of fused-ring (bicyclic) bond motifs is 1. The molecular weight excluding hydrogens is 402 g/mol. The molecule has 0 spiro atoms. The van der Waals surface area contributed by atoms with Gasteiger partial charge in [0, 0.05) is 56.4 Å². The maximum absolute atomic E-state index is 13.0. The molecule has 0 saturated carbocycles. The summed E-state index contributed by atoms with van der Waals surface area (Å²) in [6, 6.07) is 15.7. The Kier molecular flexibility index (Phi) is 6.72. The predicted octanol–water partition coefficient (Wildman–Crippen LogP) is 3.58. The number of hydrogen-bond acceptors (Lipinski definition) is 5. The van der Waals surface area contributed by atoms with Crippen molar-refractivity contribution in [2.45, 2.75) is 27.3 Å². The fourth-order valence-electron chi connectivity index (χ4n) is 4.39. The van der Waals surface area contributed by atoms with Gasteiger partial charge in [-0.1, -0.05) is 24.3 Å². The minimum Gasteiger partial charge on any atom is -0.423 e. The van der Waals surface area contributed by atoms with Crippen molar-refractivity contribution in [2.24, 2.45) is 0 Å². The topological polar surface area (TPSA) is 57.0 Å². The van der Waals surface area contributed by atoms with E-state index in [9.17, 15) is 9.59 Å². The molecule has 1 saturated heterocycles. The van der Waals surface area contributed by atoms with Crippen LogP contribution in [0.25, 0.3) is 11.0 Å². The van der Waals surface area contributed by atoms with Crippen molar-refractivity contribution >= 4 is 22.6 Å². The molecule has 1 aliphatic rings. The van der Waals surface area contributed by atoms with Gasteiger partial charge >= 0.3 is 5.63 Å². The van der Waals surface area contributed by atoms with Gasteiger partial charge in [-0.25, -0.2) is 4.79 Å². The van der Waals surface area contributed by atoms with Crippen LogP contribution >= 0.6 is 0 Å². The SMILES string of the molecule is CCN(C(=O)CN1CCN(Cc2cc(=O)oc3cc(C)ccc23)CC1)c1cccc(C)c1. The van der Waals surface area contributed by atoms with E-state index in [-0.39, 0.29) is 11.5 Å². The molecule has 0 aliphatic carbocycles. The first-order valence-corrected chi connectivity index (χ1v) is 11.3. The van der Waals surface area contributed by atoms with Gasteiger partial charge in [-0.05, 0) is 55.7 Å². The summed E-state index contributed by atoms with van der Waals surface area (Å²) in [4.78, 5) is 31.4. The maximum atomic E-state index is 13.0. The van der Waals surface area contributed by atoms with Crippen LogP contribution in [0.3, 0.4) is 0 Å². The fraction of sp³-hybridized carbons (Fsp3) is 0.385. The van der Waals surface area contributed by atoms with Gasteiger partial charge in [0.1, 0.15) is 5.58 Å². The lowest BCUT2D eigenvalue weighted by atomic mass is 10.1. The fourth-order valence-corrected chi connectivity index (χ4v) is 4.39. The third-order valence-corrected chi connectivity index (χ3v) is 6.13. The molecule has 2 heterocycles. The number of anilines is 1. The van der Waals surface area contributed by atoms with Gasteiger partial charge in [0.25, 0.3) is 0 Å². The van der Waals surface area contributed by atoms with Crippen LogP contribution in [0.4, 0.5) is 5.69 Å². The molecule has 0 atom stereocenters. The van der Waals surface area contributed by atoms with Gasteiger partial charge in [-0.15, -0.1) is 0 Å². The monoisotopic (exact) mass is 433 g/mol. The van der Waals surface area contributed by atoms with E-state index >= 15 is 0 Å². The molecule has 1 fully saturated rings. The number of aryl methyl sites for hydroxylation is 2.